The molecule has 1 unspecified atom stereocenters. The second-order valence-corrected chi connectivity index (χ2v) is 9.88. The van der Waals surface area contributed by atoms with Crippen molar-refractivity contribution < 1.29 is 18.4 Å². The smallest absolute Gasteiger partial charge is 0.289 e. The standard InChI is InChI=1S/C30H29N5O4/c1-20-8-10-21(11-9-20)23-18-24(27-17-22-5-2-3-6-25(22)39-27)32-30(31-23)33-28(36)19-34-12-14-35(15-13-34)29(37)26-7-4-16-38-26/h2-11,16-17,23H,12-15,18-19H2,1H3,(H,31,33,36). The van der Waals surface area contributed by atoms with Gasteiger partial charge in [0.15, 0.2) is 5.76 Å². The monoisotopic (exact) mass is 523 g/mol. The number of aliphatic imine (C=N–C) groups is 2. The van der Waals surface area contributed by atoms with Gasteiger partial charge in [-0.05, 0) is 36.8 Å². The highest BCUT2D eigenvalue weighted by atomic mass is 16.3. The number of nitrogens with zero attached hydrogens (tertiary/aromatic N) is 4. The van der Waals surface area contributed by atoms with Crippen LogP contribution in [0.3, 0.4) is 0 Å². The van der Waals surface area contributed by atoms with E-state index in [9.17, 15) is 9.59 Å². The highest BCUT2D eigenvalue weighted by Gasteiger charge is 2.27. The van der Waals surface area contributed by atoms with Gasteiger partial charge in [-0.15, -0.1) is 0 Å². The van der Waals surface area contributed by atoms with E-state index in [1.165, 1.54) is 11.8 Å². The van der Waals surface area contributed by atoms with Crippen molar-refractivity contribution in [1.82, 2.24) is 15.1 Å². The summed E-state index contributed by atoms with van der Waals surface area (Å²) < 4.78 is 11.3. The predicted molar refractivity (Wildman–Crippen MR) is 148 cm³/mol. The number of hydrogen-bond donors (Lipinski definition) is 1. The van der Waals surface area contributed by atoms with E-state index in [4.69, 9.17) is 18.8 Å². The molecular weight excluding hydrogens is 494 g/mol. The minimum Gasteiger partial charge on any atom is -0.459 e. The molecule has 4 aromatic rings. The zero-order valence-corrected chi connectivity index (χ0v) is 21.7. The van der Waals surface area contributed by atoms with Gasteiger partial charge in [-0.2, -0.15) is 0 Å². The summed E-state index contributed by atoms with van der Waals surface area (Å²) in [6, 6.07) is 21.2. The highest BCUT2D eigenvalue weighted by Crippen LogP contribution is 2.29. The summed E-state index contributed by atoms with van der Waals surface area (Å²) in [6.45, 7) is 4.47. The fraction of sp³-hybridized carbons (Fsp3) is 0.267. The molecule has 198 valence electrons. The third kappa shape index (κ3) is 5.53. The zero-order chi connectivity index (χ0) is 26.8. The normalized spacial score (nSPS) is 18.1. The maximum Gasteiger partial charge on any atom is 0.289 e. The number of rotatable bonds is 5. The molecule has 9 heteroatoms. The molecule has 4 heterocycles. The summed E-state index contributed by atoms with van der Waals surface area (Å²) in [6.07, 6.45) is 2.06. The number of furan rings is 2. The first-order valence-electron chi connectivity index (χ1n) is 13.1. The number of guanidine groups is 1. The van der Waals surface area contributed by atoms with Gasteiger partial charge in [-0.3, -0.25) is 19.8 Å². The van der Waals surface area contributed by atoms with Crippen LogP contribution in [-0.2, 0) is 4.79 Å². The third-order valence-electron chi connectivity index (χ3n) is 7.09. The van der Waals surface area contributed by atoms with Gasteiger partial charge in [0.2, 0.25) is 11.9 Å². The molecule has 0 spiro atoms. The number of fused-ring (bicyclic) bond motifs is 1. The average molecular weight is 524 g/mol. The van der Waals surface area contributed by atoms with Crippen LogP contribution in [0.2, 0.25) is 0 Å². The number of para-hydroxylation sites is 1. The van der Waals surface area contributed by atoms with Crippen molar-refractivity contribution >= 4 is 34.5 Å². The Balaban J connectivity index is 1.15. The molecule has 0 aliphatic carbocycles. The number of benzene rings is 2. The summed E-state index contributed by atoms with van der Waals surface area (Å²) in [7, 11) is 0. The fourth-order valence-electron chi connectivity index (χ4n) is 4.93. The molecule has 0 radical (unpaired) electrons. The van der Waals surface area contributed by atoms with Gasteiger partial charge in [-0.1, -0.05) is 48.0 Å². The molecule has 2 aliphatic heterocycles. The molecule has 1 N–H and O–H groups in total. The summed E-state index contributed by atoms with van der Waals surface area (Å²) in [4.78, 5) is 38.8. The van der Waals surface area contributed by atoms with Crippen molar-refractivity contribution in [2.24, 2.45) is 9.98 Å². The van der Waals surface area contributed by atoms with Crippen molar-refractivity contribution in [3.63, 3.8) is 0 Å². The van der Waals surface area contributed by atoms with E-state index < -0.39 is 0 Å². The van der Waals surface area contributed by atoms with Gasteiger partial charge in [0, 0.05) is 38.0 Å². The number of nitrogens with one attached hydrogen (secondary N) is 1. The number of aryl methyl sites for hydroxylation is 1. The number of carbonyl (C=O) groups is 2. The van der Waals surface area contributed by atoms with E-state index in [0.717, 1.165) is 22.2 Å². The van der Waals surface area contributed by atoms with E-state index in [0.29, 0.717) is 44.1 Å². The van der Waals surface area contributed by atoms with Gasteiger partial charge in [0.05, 0.1) is 24.6 Å². The fourth-order valence-corrected chi connectivity index (χ4v) is 4.93. The van der Waals surface area contributed by atoms with Gasteiger partial charge in [0.1, 0.15) is 11.3 Å². The van der Waals surface area contributed by atoms with E-state index in [1.807, 2.05) is 42.2 Å². The van der Waals surface area contributed by atoms with E-state index in [2.05, 4.69) is 29.6 Å². The molecule has 1 fully saturated rings. The van der Waals surface area contributed by atoms with Crippen molar-refractivity contribution in [1.29, 1.82) is 0 Å². The molecule has 0 saturated carbocycles. The first-order chi connectivity index (χ1) is 19.0. The maximum atomic E-state index is 13.0. The van der Waals surface area contributed by atoms with Gasteiger partial charge in [-0.25, -0.2) is 9.98 Å². The highest BCUT2D eigenvalue weighted by molar-refractivity contribution is 6.11. The van der Waals surface area contributed by atoms with Gasteiger partial charge >= 0.3 is 0 Å². The van der Waals surface area contributed by atoms with Crippen LogP contribution in [0.1, 0.15) is 39.9 Å². The Morgan fingerprint density at radius 1 is 1.00 bits per heavy atom. The van der Waals surface area contributed by atoms with E-state index >= 15 is 0 Å². The van der Waals surface area contributed by atoms with Crippen LogP contribution in [0.15, 0.2) is 91.8 Å². The SMILES string of the molecule is Cc1ccc(C2CC(c3cc4ccccc4o3)=NC(NC(=O)CN3CCN(C(=O)c4ccco4)CC3)=N2)cc1. The van der Waals surface area contributed by atoms with Crippen molar-refractivity contribution in [3.05, 3.63) is 95.6 Å². The molecule has 1 saturated heterocycles. The molecule has 2 aliphatic rings. The molecule has 2 amide bonds. The van der Waals surface area contributed by atoms with E-state index in [-0.39, 0.29) is 30.4 Å². The third-order valence-corrected chi connectivity index (χ3v) is 7.09. The van der Waals surface area contributed by atoms with Gasteiger partial charge in [0.25, 0.3) is 5.91 Å². The quantitative estimate of drug-likeness (QED) is 0.422. The number of carbonyl (C=O) groups excluding carboxylic acids is 2. The second-order valence-electron chi connectivity index (χ2n) is 9.88. The Bertz CT molecular complexity index is 1510. The molecular formula is C30H29N5O4. The summed E-state index contributed by atoms with van der Waals surface area (Å²) in [5.74, 6) is 0.955. The minimum atomic E-state index is -0.197. The lowest BCUT2D eigenvalue weighted by Crippen LogP contribution is -2.51. The number of hydrogen-bond acceptors (Lipinski definition) is 7. The van der Waals surface area contributed by atoms with Crippen LogP contribution < -0.4 is 5.32 Å². The summed E-state index contributed by atoms with van der Waals surface area (Å²) >= 11 is 0. The Hall–Kier alpha value is -4.50. The molecule has 2 aromatic carbocycles. The number of piperazine rings is 1. The largest absolute Gasteiger partial charge is 0.459 e. The van der Waals surface area contributed by atoms with Crippen molar-refractivity contribution in [3.8, 4) is 0 Å². The van der Waals surface area contributed by atoms with Crippen LogP contribution in [0.25, 0.3) is 11.0 Å². The van der Waals surface area contributed by atoms with Crippen molar-refractivity contribution in [2.75, 3.05) is 32.7 Å². The van der Waals surface area contributed by atoms with Crippen LogP contribution in [0, 0.1) is 6.92 Å². The molecule has 6 rings (SSSR count). The van der Waals surface area contributed by atoms with Crippen LogP contribution >= 0.6 is 0 Å². The first-order valence-corrected chi connectivity index (χ1v) is 13.1. The zero-order valence-electron chi connectivity index (χ0n) is 21.7. The predicted octanol–water partition coefficient (Wildman–Crippen LogP) is 4.20. The van der Waals surface area contributed by atoms with Crippen LogP contribution in [0.5, 0.6) is 0 Å². The molecule has 39 heavy (non-hydrogen) atoms. The molecule has 1 atom stereocenters. The van der Waals surface area contributed by atoms with Crippen LogP contribution in [0.4, 0.5) is 0 Å². The molecule has 0 bridgehead atoms. The Labute approximate surface area is 225 Å². The molecule has 2 aromatic heterocycles. The lowest BCUT2D eigenvalue weighted by molar-refractivity contribution is -0.121. The Morgan fingerprint density at radius 3 is 2.54 bits per heavy atom. The Morgan fingerprint density at radius 2 is 1.79 bits per heavy atom. The summed E-state index contributed by atoms with van der Waals surface area (Å²) in [5.41, 5.74) is 3.75. The van der Waals surface area contributed by atoms with Crippen LogP contribution in [-0.4, -0.2) is 66.0 Å². The minimum absolute atomic E-state index is 0.129. The molecule has 9 nitrogen and oxygen atoms in total. The van der Waals surface area contributed by atoms with E-state index in [1.54, 1.807) is 17.0 Å². The first kappa shape index (κ1) is 24.8. The topological polar surface area (TPSA) is 104 Å². The van der Waals surface area contributed by atoms with Crippen molar-refractivity contribution in [2.45, 2.75) is 19.4 Å². The lowest BCUT2D eigenvalue weighted by Gasteiger charge is -2.33. The summed E-state index contributed by atoms with van der Waals surface area (Å²) in [5, 5.41) is 3.91. The lowest BCUT2D eigenvalue weighted by atomic mass is 9.98. The second kappa shape index (κ2) is 10.7. The number of amides is 2. The maximum absolute atomic E-state index is 13.0. The average Bonchev–Trinajstić information content (AvgIpc) is 3.64. The van der Waals surface area contributed by atoms with Gasteiger partial charge < -0.3 is 13.7 Å². The Kier molecular flexibility index (Phi) is 6.81.